The van der Waals surface area contributed by atoms with Crippen molar-refractivity contribution in [3.63, 3.8) is 0 Å². The van der Waals surface area contributed by atoms with Crippen LogP contribution in [-0.4, -0.2) is 22.3 Å². The van der Waals surface area contributed by atoms with Crippen molar-refractivity contribution in [1.29, 1.82) is 0 Å². The van der Waals surface area contributed by atoms with Gasteiger partial charge < -0.3 is 10.1 Å². The Morgan fingerprint density at radius 1 is 1.15 bits per heavy atom. The van der Waals surface area contributed by atoms with E-state index in [0.29, 0.717) is 16.5 Å². The second-order valence-corrected chi connectivity index (χ2v) is 6.29. The number of halogens is 1. The highest BCUT2D eigenvalue weighted by atomic mass is 35.5. The smallest absolute Gasteiger partial charge is 0.276 e. The average molecular weight is 384 g/mol. The zero-order chi connectivity index (χ0) is 19.2. The molecule has 7 heteroatoms. The standard InChI is InChI=1S/C20H18ClN3O3/c1-14-7-8-17(16(21)13-14)22-20(26)18-9-10-19(25)24(23-18)11-12-27-15-5-3-2-4-6-15/h2-10,13H,11-12H2,1H3,(H,22,26). The van der Waals surface area contributed by atoms with Crippen molar-refractivity contribution < 1.29 is 9.53 Å². The summed E-state index contributed by atoms with van der Waals surface area (Å²) in [6.45, 7) is 2.39. The van der Waals surface area contributed by atoms with Crippen LogP contribution in [0.15, 0.2) is 65.5 Å². The molecule has 0 spiro atoms. The number of amides is 1. The molecule has 0 saturated heterocycles. The van der Waals surface area contributed by atoms with Crippen LogP contribution in [0.2, 0.25) is 5.02 Å². The highest BCUT2D eigenvalue weighted by Gasteiger charge is 2.12. The van der Waals surface area contributed by atoms with Gasteiger partial charge in [0.15, 0.2) is 0 Å². The van der Waals surface area contributed by atoms with Crippen LogP contribution in [0, 0.1) is 6.92 Å². The molecule has 0 aliphatic heterocycles. The van der Waals surface area contributed by atoms with Crippen molar-refractivity contribution in [2.24, 2.45) is 0 Å². The summed E-state index contributed by atoms with van der Waals surface area (Å²) in [7, 11) is 0. The molecule has 2 aromatic carbocycles. The van der Waals surface area contributed by atoms with Gasteiger partial charge in [-0.3, -0.25) is 9.59 Å². The molecule has 6 nitrogen and oxygen atoms in total. The highest BCUT2D eigenvalue weighted by Crippen LogP contribution is 2.23. The third kappa shape index (κ3) is 4.95. The first-order valence-electron chi connectivity index (χ1n) is 8.36. The topological polar surface area (TPSA) is 73.2 Å². The highest BCUT2D eigenvalue weighted by molar-refractivity contribution is 6.34. The van der Waals surface area contributed by atoms with Gasteiger partial charge in [0, 0.05) is 6.07 Å². The number of benzene rings is 2. The van der Waals surface area contributed by atoms with Gasteiger partial charge in [0.05, 0.1) is 17.3 Å². The largest absolute Gasteiger partial charge is 0.492 e. The predicted octanol–water partition coefficient (Wildman–Crippen LogP) is 3.54. The maximum Gasteiger partial charge on any atom is 0.276 e. The maximum absolute atomic E-state index is 12.4. The Labute approximate surface area is 161 Å². The molecule has 27 heavy (non-hydrogen) atoms. The Bertz CT molecular complexity index is 1000. The number of rotatable bonds is 6. The number of carbonyl (C=O) groups excluding carboxylic acids is 1. The number of ether oxygens (including phenoxy) is 1. The summed E-state index contributed by atoms with van der Waals surface area (Å²) >= 11 is 6.14. The van der Waals surface area contributed by atoms with E-state index in [1.165, 1.54) is 16.8 Å². The fourth-order valence-corrected chi connectivity index (χ4v) is 2.69. The van der Waals surface area contributed by atoms with Gasteiger partial charge in [0.2, 0.25) is 0 Å². The van der Waals surface area contributed by atoms with Crippen molar-refractivity contribution in [2.45, 2.75) is 13.5 Å². The molecule has 0 atom stereocenters. The van der Waals surface area contributed by atoms with Crippen molar-refractivity contribution in [1.82, 2.24) is 9.78 Å². The number of hydrogen-bond donors (Lipinski definition) is 1. The summed E-state index contributed by atoms with van der Waals surface area (Å²) in [5.74, 6) is 0.256. The second-order valence-electron chi connectivity index (χ2n) is 5.88. The number of hydrogen-bond acceptors (Lipinski definition) is 4. The Hall–Kier alpha value is -3.12. The van der Waals surface area contributed by atoms with E-state index in [4.69, 9.17) is 16.3 Å². The summed E-state index contributed by atoms with van der Waals surface area (Å²) in [6, 6.07) is 17.3. The van der Waals surface area contributed by atoms with E-state index < -0.39 is 5.91 Å². The lowest BCUT2D eigenvalue weighted by Crippen LogP contribution is -2.28. The van der Waals surface area contributed by atoms with E-state index in [9.17, 15) is 9.59 Å². The fraction of sp³-hybridized carbons (Fsp3) is 0.150. The predicted molar refractivity (Wildman–Crippen MR) is 105 cm³/mol. The lowest BCUT2D eigenvalue weighted by Gasteiger charge is -2.10. The average Bonchev–Trinajstić information content (AvgIpc) is 2.66. The summed E-state index contributed by atoms with van der Waals surface area (Å²) in [5, 5.41) is 7.26. The Kier molecular flexibility index (Phi) is 5.88. The Balaban J connectivity index is 1.68. The summed E-state index contributed by atoms with van der Waals surface area (Å²) in [4.78, 5) is 24.4. The normalized spacial score (nSPS) is 10.4. The molecule has 1 aromatic heterocycles. The first kappa shape index (κ1) is 18.7. The molecular weight excluding hydrogens is 366 g/mol. The van der Waals surface area contributed by atoms with Crippen LogP contribution in [-0.2, 0) is 6.54 Å². The summed E-state index contributed by atoms with van der Waals surface area (Å²) < 4.78 is 6.77. The van der Waals surface area contributed by atoms with Gasteiger partial charge in [-0.15, -0.1) is 0 Å². The van der Waals surface area contributed by atoms with Crippen LogP contribution in [0.3, 0.4) is 0 Å². The lowest BCUT2D eigenvalue weighted by molar-refractivity contribution is 0.101. The van der Waals surface area contributed by atoms with Gasteiger partial charge >= 0.3 is 0 Å². The number of carbonyl (C=O) groups is 1. The van der Waals surface area contributed by atoms with E-state index in [1.807, 2.05) is 43.3 Å². The molecule has 0 radical (unpaired) electrons. The third-order valence-electron chi connectivity index (χ3n) is 3.79. The van der Waals surface area contributed by atoms with Crippen LogP contribution in [0.25, 0.3) is 0 Å². The van der Waals surface area contributed by atoms with Crippen LogP contribution in [0.1, 0.15) is 16.1 Å². The van der Waals surface area contributed by atoms with Crippen molar-refractivity contribution >= 4 is 23.2 Å². The van der Waals surface area contributed by atoms with Gasteiger partial charge in [0.25, 0.3) is 11.5 Å². The van der Waals surface area contributed by atoms with E-state index >= 15 is 0 Å². The molecule has 1 heterocycles. The van der Waals surface area contributed by atoms with E-state index in [1.54, 1.807) is 12.1 Å². The number of anilines is 1. The molecule has 0 aliphatic carbocycles. The summed E-state index contributed by atoms with van der Waals surface area (Å²) in [6.07, 6.45) is 0. The van der Waals surface area contributed by atoms with Crippen LogP contribution < -0.4 is 15.6 Å². The number of aromatic nitrogens is 2. The van der Waals surface area contributed by atoms with E-state index in [0.717, 1.165) is 5.56 Å². The van der Waals surface area contributed by atoms with Crippen LogP contribution in [0.5, 0.6) is 5.75 Å². The number of nitrogens with zero attached hydrogens (tertiary/aromatic N) is 2. The fourth-order valence-electron chi connectivity index (χ4n) is 2.40. The zero-order valence-corrected chi connectivity index (χ0v) is 15.4. The lowest BCUT2D eigenvalue weighted by atomic mass is 10.2. The van der Waals surface area contributed by atoms with E-state index in [2.05, 4.69) is 10.4 Å². The Morgan fingerprint density at radius 2 is 1.93 bits per heavy atom. The van der Waals surface area contributed by atoms with Gasteiger partial charge in [0.1, 0.15) is 18.1 Å². The second kappa shape index (κ2) is 8.51. The number of aryl methyl sites for hydroxylation is 1. The monoisotopic (exact) mass is 383 g/mol. The van der Waals surface area contributed by atoms with E-state index in [-0.39, 0.29) is 24.4 Å². The molecule has 1 amide bonds. The minimum Gasteiger partial charge on any atom is -0.492 e. The van der Waals surface area contributed by atoms with Gasteiger partial charge in [-0.1, -0.05) is 35.9 Å². The van der Waals surface area contributed by atoms with Gasteiger partial charge in [-0.25, -0.2) is 4.68 Å². The molecule has 1 N–H and O–H groups in total. The summed E-state index contributed by atoms with van der Waals surface area (Å²) in [5.41, 5.74) is 1.28. The van der Waals surface area contributed by atoms with Gasteiger partial charge in [-0.2, -0.15) is 5.10 Å². The molecule has 3 rings (SSSR count). The van der Waals surface area contributed by atoms with Gasteiger partial charge in [-0.05, 0) is 42.8 Å². The zero-order valence-electron chi connectivity index (χ0n) is 14.7. The minimum atomic E-state index is -0.446. The van der Waals surface area contributed by atoms with Crippen LogP contribution >= 0.6 is 11.6 Å². The number of nitrogens with one attached hydrogen (secondary N) is 1. The SMILES string of the molecule is Cc1ccc(NC(=O)c2ccc(=O)n(CCOc3ccccc3)n2)c(Cl)c1. The Morgan fingerprint density at radius 3 is 2.67 bits per heavy atom. The van der Waals surface area contributed by atoms with Crippen molar-refractivity contribution in [2.75, 3.05) is 11.9 Å². The molecule has 0 unspecified atom stereocenters. The molecule has 0 bridgehead atoms. The molecule has 138 valence electrons. The maximum atomic E-state index is 12.4. The third-order valence-corrected chi connectivity index (χ3v) is 4.10. The minimum absolute atomic E-state index is 0.117. The first-order chi connectivity index (χ1) is 13.0. The molecular formula is C20H18ClN3O3. The molecule has 3 aromatic rings. The van der Waals surface area contributed by atoms with Crippen LogP contribution in [0.4, 0.5) is 5.69 Å². The molecule has 0 saturated carbocycles. The first-order valence-corrected chi connectivity index (χ1v) is 8.74. The van der Waals surface area contributed by atoms with Crippen molar-refractivity contribution in [3.05, 3.63) is 87.3 Å². The number of para-hydroxylation sites is 1. The van der Waals surface area contributed by atoms with Crippen molar-refractivity contribution in [3.8, 4) is 5.75 Å². The quantitative estimate of drug-likeness (QED) is 0.706. The molecule has 0 aliphatic rings. The molecule has 0 fully saturated rings.